The Balaban J connectivity index is 0.000000178. The molecule has 0 aliphatic carbocycles. The Morgan fingerprint density at radius 1 is 0.660 bits per heavy atom. The number of non-ortho nitro benzene ring substituents is 2. The molecule has 0 bridgehead atoms. The summed E-state index contributed by atoms with van der Waals surface area (Å²) in [7, 11) is 0. The predicted octanol–water partition coefficient (Wildman–Crippen LogP) is 4.92. The first kappa shape index (κ1) is 37.4. The summed E-state index contributed by atoms with van der Waals surface area (Å²) in [4.78, 5) is 23.3. The molecule has 3 heterocycles. The van der Waals surface area contributed by atoms with Gasteiger partial charge in [-0.2, -0.15) is 0 Å². The van der Waals surface area contributed by atoms with Gasteiger partial charge in [0.2, 0.25) is 0 Å². The number of nitrogens with one attached hydrogen (secondary N) is 1. The van der Waals surface area contributed by atoms with Gasteiger partial charge < -0.3 is 35.1 Å². The highest BCUT2D eigenvalue weighted by Gasteiger charge is 2.18. The maximum atomic E-state index is 13.5. The average Bonchev–Trinajstić information content (AvgIpc) is 3.09. The van der Waals surface area contributed by atoms with Gasteiger partial charge in [0, 0.05) is 69.2 Å². The number of anilines is 3. The molecule has 0 radical (unpaired) electrons. The zero-order valence-corrected chi connectivity index (χ0v) is 27.0. The van der Waals surface area contributed by atoms with Crippen LogP contribution >= 0.6 is 15.9 Å². The van der Waals surface area contributed by atoms with Crippen LogP contribution in [0.1, 0.15) is 0 Å². The minimum Gasteiger partial charge on any atom is -0.399 e. The summed E-state index contributed by atoms with van der Waals surface area (Å²) in [5, 5.41) is 23.9. The van der Waals surface area contributed by atoms with E-state index in [1.165, 1.54) is 18.2 Å². The number of nitrogens with two attached hydrogens (primary N) is 1. The van der Waals surface area contributed by atoms with Crippen molar-refractivity contribution < 1.29 is 37.2 Å². The first-order chi connectivity index (χ1) is 22.6. The Morgan fingerprint density at radius 2 is 1.09 bits per heavy atom. The fourth-order valence-corrected chi connectivity index (χ4v) is 4.72. The number of nitro groups is 2. The number of hydrogen-bond donors (Lipinski definition) is 2. The lowest BCUT2D eigenvalue weighted by atomic mass is 10.2. The summed E-state index contributed by atoms with van der Waals surface area (Å²) in [6.07, 6.45) is 0. The van der Waals surface area contributed by atoms with Gasteiger partial charge >= 0.3 is 0 Å². The van der Waals surface area contributed by atoms with E-state index in [1.807, 2.05) is 4.90 Å². The van der Waals surface area contributed by atoms with Crippen LogP contribution in [-0.2, 0) is 14.2 Å². The van der Waals surface area contributed by atoms with Gasteiger partial charge in [0.15, 0.2) is 0 Å². The smallest absolute Gasteiger partial charge is 0.271 e. The van der Waals surface area contributed by atoms with Crippen molar-refractivity contribution in [1.82, 2.24) is 5.32 Å². The van der Waals surface area contributed by atoms with Crippen molar-refractivity contribution in [1.29, 1.82) is 0 Å². The number of morpholine rings is 3. The molecule has 3 aromatic carbocycles. The number of nitro benzene ring substituents is 2. The Morgan fingerprint density at radius 3 is 1.51 bits per heavy atom. The Kier molecular flexibility index (Phi) is 15.6. The van der Waals surface area contributed by atoms with Crippen molar-refractivity contribution in [3.63, 3.8) is 0 Å². The lowest BCUT2D eigenvalue weighted by molar-refractivity contribution is -0.385. The topological polar surface area (TPSA) is 158 Å². The highest BCUT2D eigenvalue weighted by Crippen LogP contribution is 2.26. The maximum absolute atomic E-state index is 13.5. The van der Waals surface area contributed by atoms with Gasteiger partial charge in [-0.05, 0) is 46.3 Å². The van der Waals surface area contributed by atoms with Crippen LogP contribution in [0.3, 0.4) is 0 Å². The summed E-state index contributed by atoms with van der Waals surface area (Å²) in [5.74, 6) is -1.16. The molecule has 3 fully saturated rings. The van der Waals surface area contributed by atoms with E-state index in [1.54, 1.807) is 17.0 Å². The van der Waals surface area contributed by atoms with Crippen molar-refractivity contribution in [2.24, 2.45) is 0 Å². The van der Waals surface area contributed by atoms with Gasteiger partial charge in [0.25, 0.3) is 11.4 Å². The number of ether oxygens (including phenoxy) is 3. The van der Waals surface area contributed by atoms with Crippen LogP contribution in [0.2, 0.25) is 0 Å². The number of nitrogens with zero attached hydrogens (tertiary/aromatic N) is 4. The molecule has 0 spiro atoms. The molecule has 13 nitrogen and oxygen atoms in total. The monoisotopic (exact) mass is 728 g/mol. The van der Waals surface area contributed by atoms with Crippen molar-refractivity contribution in [2.45, 2.75) is 0 Å². The number of nitrogen functional groups attached to an aromatic ring is 1. The first-order valence-electron chi connectivity index (χ1n) is 14.6. The minimum absolute atomic E-state index is 0.0945. The molecular weight excluding hydrogens is 693 g/mol. The molecule has 3 saturated heterocycles. The second-order valence-electron chi connectivity index (χ2n) is 10.0. The second-order valence-corrected chi connectivity index (χ2v) is 10.9. The average molecular weight is 730 g/mol. The molecule has 256 valence electrons. The van der Waals surface area contributed by atoms with Crippen molar-refractivity contribution in [2.75, 3.05) is 94.4 Å². The molecule has 6 rings (SSSR count). The van der Waals surface area contributed by atoms with E-state index in [4.69, 9.17) is 19.9 Å². The predicted molar refractivity (Wildman–Crippen MR) is 174 cm³/mol. The van der Waals surface area contributed by atoms with Crippen LogP contribution < -0.4 is 20.9 Å². The third-order valence-corrected chi connectivity index (χ3v) is 7.38. The third kappa shape index (κ3) is 12.6. The number of halogens is 4. The fourth-order valence-electron chi connectivity index (χ4n) is 4.35. The zero-order chi connectivity index (χ0) is 34.2. The molecule has 0 unspecified atom stereocenters. The van der Waals surface area contributed by atoms with E-state index in [0.717, 1.165) is 63.7 Å². The summed E-state index contributed by atoms with van der Waals surface area (Å²) in [6, 6.07) is 11.5. The first-order valence-corrected chi connectivity index (χ1v) is 15.4. The minimum atomic E-state index is -0.579. The van der Waals surface area contributed by atoms with Crippen LogP contribution in [0, 0.1) is 37.7 Å². The molecule has 0 saturated carbocycles. The summed E-state index contributed by atoms with van der Waals surface area (Å²) in [6.45, 7) is 8.71. The molecule has 3 aliphatic heterocycles. The second kappa shape index (κ2) is 19.6. The third-order valence-electron chi connectivity index (χ3n) is 6.77. The van der Waals surface area contributed by atoms with Crippen molar-refractivity contribution in [3.05, 3.63) is 96.8 Å². The largest absolute Gasteiger partial charge is 0.399 e. The molecule has 3 aliphatic rings. The molecule has 17 heteroatoms. The fraction of sp³-hybridized carbons (Fsp3) is 0.400. The van der Waals surface area contributed by atoms with Crippen LogP contribution in [0.15, 0.2) is 59.1 Å². The van der Waals surface area contributed by atoms with E-state index in [2.05, 4.69) is 21.2 Å². The lowest BCUT2D eigenvalue weighted by Gasteiger charge is -2.29. The van der Waals surface area contributed by atoms with E-state index in [9.17, 15) is 33.4 Å². The van der Waals surface area contributed by atoms with E-state index < -0.39 is 21.5 Å². The summed E-state index contributed by atoms with van der Waals surface area (Å²) in [5.41, 5.74) is 6.83. The number of hydrogen-bond acceptors (Lipinski definition) is 11. The molecular formula is C30H36BrF3N6O7. The van der Waals surface area contributed by atoms with Gasteiger partial charge in [0.05, 0.1) is 65.3 Å². The van der Waals surface area contributed by atoms with Crippen LogP contribution in [0.4, 0.5) is 41.6 Å². The molecule has 47 heavy (non-hydrogen) atoms. The SMILES string of the molecule is C1COCCN1.Nc1ccc(F)c(N2CCOCC2)c1.O=[N+]([O-])c1ccc(F)c(Br)c1.O=[N+]([O-])c1ccc(F)c(N2CCOCC2)c1. The van der Waals surface area contributed by atoms with Crippen LogP contribution in [0.5, 0.6) is 0 Å². The molecule has 3 N–H and O–H groups in total. The molecule has 0 atom stereocenters. The van der Waals surface area contributed by atoms with Gasteiger partial charge in [-0.1, -0.05) is 0 Å². The summed E-state index contributed by atoms with van der Waals surface area (Å²) < 4.78 is 54.9. The molecule has 3 aromatic rings. The van der Waals surface area contributed by atoms with Gasteiger partial charge in [-0.3, -0.25) is 20.2 Å². The zero-order valence-electron chi connectivity index (χ0n) is 25.4. The van der Waals surface area contributed by atoms with Gasteiger partial charge in [-0.25, -0.2) is 13.2 Å². The van der Waals surface area contributed by atoms with Gasteiger partial charge in [0.1, 0.15) is 17.5 Å². The van der Waals surface area contributed by atoms with Crippen molar-refractivity contribution in [3.8, 4) is 0 Å². The number of rotatable bonds is 4. The Hall–Kier alpha value is -4.03. The van der Waals surface area contributed by atoms with Gasteiger partial charge in [-0.15, -0.1) is 0 Å². The van der Waals surface area contributed by atoms with Crippen LogP contribution in [0.25, 0.3) is 0 Å². The normalized spacial score (nSPS) is 15.9. The Bertz CT molecular complexity index is 1450. The van der Waals surface area contributed by atoms with E-state index in [0.29, 0.717) is 50.9 Å². The Labute approximate surface area is 277 Å². The molecule has 0 amide bonds. The standard InChI is InChI=1S/C10H11FN2O3.C10H13FN2O.C6H3BrFNO2.C4H9NO/c11-9-2-1-8(13(14)15)7-10(9)12-3-5-16-6-4-12;11-9-2-1-8(12)7-10(9)13-3-5-14-6-4-13;7-5-3-4(9(10)11)1-2-6(5)8;1-3-6-4-2-5-1/h1-2,7H,3-6H2;1-2,7H,3-6,12H2;1-3H;5H,1-4H2. The summed E-state index contributed by atoms with van der Waals surface area (Å²) >= 11 is 2.83. The maximum Gasteiger partial charge on any atom is 0.271 e. The van der Waals surface area contributed by atoms with E-state index >= 15 is 0 Å². The number of benzene rings is 3. The lowest BCUT2D eigenvalue weighted by Crippen LogP contribution is -2.36. The van der Waals surface area contributed by atoms with Crippen molar-refractivity contribution >= 4 is 44.4 Å². The molecule has 0 aromatic heterocycles. The highest BCUT2D eigenvalue weighted by molar-refractivity contribution is 9.10. The van der Waals surface area contributed by atoms with Crippen LogP contribution in [-0.4, -0.2) is 88.8 Å². The quantitative estimate of drug-likeness (QED) is 0.213. The highest BCUT2D eigenvalue weighted by atomic mass is 79.9. The van der Waals surface area contributed by atoms with E-state index in [-0.39, 0.29) is 27.4 Å².